The van der Waals surface area contributed by atoms with Crippen LogP contribution in [0.3, 0.4) is 0 Å². The molecule has 0 bridgehead atoms. The van der Waals surface area contributed by atoms with Crippen molar-refractivity contribution in [1.29, 1.82) is 0 Å². The van der Waals surface area contributed by atoms with Crippen LogP contribution in [0.25, 0.3) is 0 Å². The van der Waals surface area contributed by atoms with Gasteiger partial charge in [0.1, 0.15) is 17.2 Å². The molecule has 0 amide bonds. The quantitative estimate of drug-likeness (QED) is 0.292. The lowest BCUT2D eigenvalue weighted by atomic mass is 9.78. The molecular formula is C33H30N2O2. The highest BCUT2D eigenvalue weighted by atomic mass is 16.5. The summed E-state index contributed by atoms with van der Waals surface area (Å²) in [7, 11) is 0. The molecule has 7 rings (SSSR count). The molecule has 0 saturated heterocycles. The van der Waals surface area contributed by atoms with Crippen LogP contribution in [0.4, 0.5) is 0 Å². The molecule has 1 atom stereocenters. The van der Waals surface area contributed by atoms with E-state index in [9.17, 15) is 0 Å². The van der Waals surface area contributed by atoms with Gasteiger partial charge >= 0.3 is 0 Å². The molecule has 4 aromatic rings. The monoisotopic (exact) mass is 486 g/mol. The summed E-state index contributed by atoms with van der Waals surface area (Å²) in [5.74, 6) is 3.27. The Labute approximate surface area is 218 Å². The summed E-state index contributed by atoms with van der Waals surface area (Å²) >= 11 is 0. The van der Waals surface area contributed by atoms with Crippen LogP contribution in [-0.4, -0.2) is 16.4 Å². The first-order valence-corrected chi connectivity index (χ1v) is 13.3. The fourth-order valence-electron chi connectivity index (χ4n) is 6.20. The van der Waals surface area contributed by atoms with Crippen LogP contribution >= 0.6 is 0 Å². The average molecular weight is 487 g/mol. The van der Waals surface area contributed by atoms with Crippen LogP contribution in [0, 0.1) is 0 Å². The maximum absolute atomic E-state index is 6.83. The van der Waals surface area contributed by atoms with Crippen molar-refractivity contribution in [1.82, 2.24) is 5.01 Å². The Morgan fingerprint density at radius 2 is 1.38 bits per heavy atom. The Bertz CT molecular complexity index is 1410. The van der Waals surface area contributed by atoms with Gasteiger partial charge in [0.2, 0.25) is 0 Å². The van der Waals surface area contributed by atoms with Crippen molar-refractivity contribution in [3.05, 3.63) is 126 Å². The highest BCUT2D eigenvalue weighted by molar-refractivity contribution is 6.02. The van der Waals surface area contributed by atoms with Gasteiger partial charge in [-0.2, -0.15) is 5.10 Å². The minimum absolute atomic E-state index is 0.202. The smallest absolute Gasteiger partial charge is 0.198 e. The number of benzene rings is 4. The molecule has 2 aliphatic heterocycles. The maximum atomic E-state index is 6.83. The Kier molecular flexibility index (Phi) is 5.46. The lowest BCUT2D eigenvalue weighted by Crippen LogP contribution is -2.55. The van der Waals surface area contributed by atoms with Crippen LogP contribution in [0.5, 0.6) is 17.2 Å². The molecule has 184 valence electrons. The van der Waals surface area contributed by atoms with E-state index in [4.69, 9.17) is 14.6 Å². The third-order valence-corrected chi connectivity index (χ3v) is 8.11. The van der Waals surface area contributed by atoms with E-state index < -0.39 is 0 Å². The van der Waals surface area contributed by atoms with Gasteiger partial charge in [-0.05, 0) is 72.4 Å². The molecule has 37 heavy (non-hydrogen) atoms. The van der Waals surface area contributed by atoms with Crippen LogP contribution < -0.4 is 9.47 Å². The van der Waals surface area contributed by atoms with Gasteiger partial charge in [-0.15, -0.1) is 0 Å². The van der Waals surface area contributed by atoms with Crippen LogP contribution in [0.15, 0.2) is 114 Å². The summed E-state index contributed by atoms with van der Waals surface area (Å²) in [6.07, 6.45) is 5.02. The first-order valence-electron chi connectivity index (χ1n) is 13.3. The molecule has 0 N–H and O–H groups in total. The summed E-state index contributed by atoms with van der Waals surface area (Å²) in [6, 6.07) is 37.9. The SMILES string of the molecule is c1ccc(Oc2ccc(C3=NN4[C@@H](C3)c3ccccc3OC43CCC(c4ccccc4)CC3)cc2)cc1. The molecule has 1 saturated carbocycles. The molecule has 1 fully saturated rings. The Morgan fingerprint density at radius 3 is 2.14 bits per heavy atom. The molecule has 1 spiro atoms. The number of hydrogen-bond acceptors (Lipinski definition) is 4. The van der Waals surface area contributed by atoms with Gasteiger partial charge in [0.25, 0.3) is 0 Å². The van der Waals surface area contributed by atoms with E-state index in [1.54, 1.807) is 0 Å². The van der Waals surface area contributed by atoms with E-state index >= 15 is 0 Å². The number of nitrogens with zero attached hydrogens (tertiary/aromatic N) is 2. The van der Waals surface area contributed by atoms with Crippen LogP contribution in [0.2, 0.25) is 0 Å². The molecule has 0 unspecified atom stereocenters. The van der Waals surface area contributed by atoms with Crippen molar-refractivity contribution >= 4 is 5.71 Å². The summed E-state index contributed by atoms with van der Waals surface area (Å²) in [4.78, 5) is 0. The zero-order valence-corrected chi connectivity index (χ0v) is 20.8. The lowest BCUT2D eigenvalue weighted by Gasteiger charge is -2.50. The Morgan fingerprint density at radius 1 is 0.730 bits per heavy atom. The van der Waals surface area contributed by atoms with Gasteiger partial charge in [-0.3, -0.25) is 0 Å². The molecule has 1 aliphatic carbocycles. The second-order valence-electron chi connectivity index (χ2n) is 10.3. The summed E-state index contributed by atoms with van der Waals surface area (Å²) < 4.78 is 12.8. The van der Waals surface area contributed by atoms with Crippen molar-refractivity contribution in [3.8, 4) is 17.2 Å². The Balaban J connectivity index is 1.16. The lowest BCUT2D eigenvalue weighted by molar-refractivity contribution is -0.142. The highest BCUT2D eigenvalue weighted by Crippen LogP contribution is 2.53. The summed E-state index contributed by atoms with van der Waals surface area (Å²) in [6.45, 7) is 0. The van der Waals surface area contributed by atoms with Crippen molar-refractivity contribution in [2.24, 2.45) is 5.10 Å². The number of para-hydroxylation sites is 2. The van der Waals surface area contributed by atoms with Crippen LogP contribution in [0.1, 0.15) is 60.8 Å². The predicted octanol–water partition coefficient (Wildman–Crippen LogP) is 8.08. The standard InChI is InChI=1S/C33H30N2O2/c1-3-9-24(10-4-1)25-19-21-33(22-20-25)35-31(29-13-7-8-14-32(29)37-33)23-30(34-35)26-15-17-28(18-16-26)36-27-11-5-2-6-12-27/h1-18,25,31H,19-23H2/t25?,31-,33?/m0/s1. The van der Waals surface area contributed by atoms with E-state index in [2.05, 4.69) is 71.7 Å². The molecule has 4 heteroatoms. The van der Waals surface area contributed by atoms with Gasteiger partial charge in [0.05, 0.1) is 11.8 Å². The van der Waals surface area contributed by atoms with Crippen molar-refractivity contribution in [2.45, 2.75) is 49.8 Å². The zero-order valence-electron chi connectivity index (χ0n) is 20.8. The third-order valence-electron chi connectivity index (χ3n) is 8.11. The molecule has 4 aromatic carbocycles. The minimum atomic E-state index is -0.386. The fraction of sp³-hybridized carbons (Fsp3) is 0.242. The number of hydrogen-bond donors (Lipinski definition) is 0. The van der Waals surface area contributed by atoms with Gasteiger partial charge in [0.15, 0.2) is 5.72 Å². The number of rotatable bonds is 4. The van der Waals surface area contributed by atoms with Gasteiger partial charge in [-0.25, -0.2) is 5.01 Å². The van der Waals surface area contributed by atoms with Crippen molar-refractivity contribution < 1.29 is 9.47 Å². The predicted molar refractivity (Wildman–Crippen MR) is 146 cm³/mol. The van der Waals surface area contributed by atoms with E-state index in [-0.39, 0.29) is 11.8 Å². The minimum Gasteiger partial charge on any atom is -0.466 e. The normalized spacial score (nSPS) is 24.1. The molecule has 0 radical (unpaired) electrons. The van der Waals surface area contributed by atoms with Crippen molar-refractivity contribution in [2.75, 3.05) is 0 Å². The maximum Gasteiger partial charge on any atom is 0.198 e. The van der Waals surface area contributed by atoms with Crippen molar-refractivity contribution in [3.63, 3.8) is 0 Å². The van der Waals surface area contributed by atoms with Gasteiger partial charge < -0.3 is 9.47 Å². The van der Waals surface area contributed by atoms with E-state index in [0.717, 1.165) is 60.6 Å². The van der Waals surface area contributed by atoms with Gasteiger partial charge in [-0.1, -0.05) is 66.7 Å². The molecule has 2 heterocycles. The summed E-state index contributed by atoms with van der Waals surface area (Å²) in [5, 5.41) is 7.56. The number of fused-ring (bicyclic) bond motifs is 4. The first kappa shape index (κ1) is 22.2. The first-order chi connectivity index (χ1) is 18.3. The number of ether oxygens (including phenoxy) is 2. The second-order valence-corrected chi connectivity index (χ2v) is 10.3. The van der Waals surface area contributed by atoms with E-state index in [0.29, 0.717) is 5.92 Å². The molecule has 0 aromatic heterocycles. The topological polar surface area (TPSA) is 34.1 Å². The van der Waals surface area contributed by atoms with Crippen LogP contribution in [-0.2, 0) is 0 Å². The fourth-order valence-corrected chi connectivity index (χ4v) is 6.20. The molecule has 4 nitrogen and oxygen atoms in total. The third kappa shape index (κ3) is 4.07. The Hall–Kier alpha value is -4.05. The zero-order chi connectivity index (χ0) is 24.7. The molecule has 3 aliphatic rings. The van der Waals surface area contributed by atoms with E-state index in [1.165, 1.54) is 11.1 Å². The average Bonchev–Trinajstić information content (AvgIpc) is 3.42. The summed E-state index contributed by atoms with van der Waals surface area (Å²) in [5.41, 5.74) is 4.54. The number of hydrazone groups is 1. The van der Waals surface area contributed by atoms with E-state index in [1.807, 2.05) is 42.5 Å². The second kappa shape index (κ2) is 9.11. The highest BCUT2D eigenvalue weighted by Gasteiger charge is 2.51. The molecular weight excluding hydrogens is 456 g/mol. The largest absolute Gasteiger partial charge is 0.466 e. The van der Waals surface area contributed by atoms with Gasteiger partial charge in [0, 0.05) is 24.8 Å².